The highest BCUT2D eigenvalue weighted by molar-refractivity contribution is 7.98. The van der Waals surface area contributed by atoms with Crippen LogP contribution in [0.2, 0.25) is 0 Å². The molecule has 0 spiro atoms. The molecule has 7 nitrogen and oxygen atoms in total. The molecule has 2 aromatic heterocycles. The molecule has 8 heteroatoms. The first-order valence-electron chi connectivity index (χ1n) is 10.4. The molecular formula is C22H27N5O2S. The van der Waals surface area contributed by atoms with Crippen LogP contribution in [0.15, 0.2) is 33.7 Å². The number of fused-ring (bicyclic) bond motifs is 1. The fraction of sp³-hybridized carbons (Fsp3) is 0.455. The number of nitrogens with zero attached hydrogens (tertiary/aromatic N) is 4. The minimum atomic E-state index is -0.0699. The van der Waals surface area contributed by atoms with Crippen LogP contribution in [-0.2, 0) is 17.8 Å². The van der Waals surface area contributed by atoms with Crippen molar-refractivity contribution in [2.24, 2.45) is 5.92 Å². The van der Waals surface area contributed by atoms with E-state index in [9.17, 15) is 4.79 Å². The first-order valence-corrected chi connectivity index (χ1v) is 11.6. The highest BCUT2D eigenvalue weighted by Gasteiger charge is 2.29. The lowest BCUT2D eigenvalue weighted by molar-refractivity contribution is -0.125. The van der Waals surface area contributed by atoms with Crippen molar-refractivity contribution in [1.29, 1.82) is 0 Å². The number of hydrogen-bond acceptors (Lipinski definition) is 7. The molecule has 1 unspecified atom stereocenters. The summed E-state index contributed by atoms with van der Waals surface area (Å²) in [6.07, 6.45) is 4.63. The van der Waals surface area contributed by atoms with Crippen LogP contribution in [0.25, 0.3) is 11.1 Å². The SMILES string of the molecule is CCc1noc2nc(C)nc(N3CCCC(C(=O)NCc4ccc(SC)cc4)C3)c12. The van der Waals surface area contributed by atoms with Crippen molar-refractivity contribution in [2.75, 3.05) is 24.2 Å². The van der Waals surface area contributed by atoms with Crippen molar-refractivity contribution in [1.82, 2.24) is 20.4 Å². The van der Waals surface area contributed by atoms with E-state index in [2.05, 4.69) is 50.9 Å². The van der Waals surface area contributed by atoms with Crippen LogP contribution in [-0.4, -0.2) is 40.4 Å². The number of anilines is 1. The number of rotatable bonds is 6. The Bertz CT molecular complexity index is 1030. The van der Waals surface area contributed by atoms with Gasteiger partial charge >= 0.3 is 0 Å². The summed E-state index contributed by atoms with van der Waals surface area (Å²) < 4.78 is 5.42. The van der Waals surface area contributed by atoms with Gasteiger partial charge in [0.2, 0.25) is 5.91 Å². The third-order valence-corrected chi connectivity index (χ3v) is 6.30. The summed E-state index contributed by atoms with van der Waals surface area (Å²) >= 11 is 1.71. The van der Waals surface area contributed by atoms with Gasteiger partial charge in [0, 0.05) is 24.5 Å². The van der Waals surface area contributed by atoms with E-state index < -0.39 is 0 Å². The summed E-state index contributed by atoms with van der Waals surface area (Å²) in [6.45, 7) is 5.94. The second-order valence-corrected chi connectivity index (χ2v) is 8.49. The Morgan fingerprint density at radius 3 is 2.83 bits per heavy atom. The van der Waals surface area contributed by atoms with Gasteiger partial charge in [-0.1, -0.05) is 24.2 Å². The molecule has 1 saturated heterocycles. The van der Waals surface area contributed by atoms with Gasteiger partial charge < -0.3 is 14.7 Å². The van der Waals surface area contributed by atoms with E-state index in [1.54, 1.807) is 11.8 Å². The molecule has 1 aliphatic rings. The topological polar surface area (TPSA) is 84.2 Å². The maximum atomic E-state index is 12.9. The summed E-state index contributed by atoms with van der Waals surface area (Å²) in [4.78, 5) is 25.4. The van der Waals surface area contributed by atoms with E-state index in [-0.39, 0.29) is 11.8 Å². The molecule has 1 aromatic carbocycles. The number of aryl methyl sites for hydroxylation is 2. The Labute approximate surface area is 180 Å². The van der Waals surface area contributed by atoms with Gasteiger partial charge in [0.25, 0.3) is 5.71 Å². The predicted molar refractivity (Wildman–Crippen MR) is 119 cm³/mol. The zero-order chi connectivity index (χ0) is 21.1. The number of benzene rings is 1. The van der Waals surface area contributed by atoms with Gasteiger partial charge in [-0.2, -0.15) is 4.98 Å². The molecule has 4 rings (SSSR count). The van der Waals surface area contributed by atoms with Gasteiger partial charge in [0.15, 0.2) is 0 Å². The number of carbonyl (C=O) groups excluding carboxylic acids is 1. The van der Waals surface area contributed by atoms with E-state index in [0.29, 0.717) is 24.6 Å². The van der Waals surface area contributed by atoms with Crippen LogP contribution in [0.1, 0.15) is 36.8 Å². The highest BCUT2D eigenvalue weighted by Crippen LogP contribution is 2.31. The molecule has 30 heavy (non-hydrogen) atoms. The number of amides is 1. The molecule has 0 aliphatic carbocycles. The van der Waals surface area contributed by atoms with E-state index >= 15 is 0 Å². The number of hydrogen-bond donors (Lipinski definition) is 1. The molecule has 3 aromatic rings. The second-order valence-electron chi connectivity index (χ2n) is 7.61. The Morgan fingerprint density at radius 2 is 2.10 bits per heavy atom. The van der Waals surface area contributed by atoms with Crippen LogP contribution in [0, 0.1) is 12.8 Å². The molecular weight excluding hydrogens is 398 g/mol. The van der Waals surface area contributed by atoms with Gasteiger partial charge in [0.05, 0.1) is 11.6 Å². The van der Waals surface area contributed by atoms with Gasteiger partial charge in [-0.3, -0.25) is 4.79 Å². The third kappa shape index (κ3) is 4.28. The summed E-state index contributed by atoms with van der Waals surface area (Å²) in [5.41, 5.74) is 2.49. The zero-order valence-corrected chi connectivity index (χ0v) is 18.5. The summed E-state index contributed by atoms with van der Waals surface area (Å²) in [6, 6.07) is 8.30. The van der Waals surface area contributed by atoms with Crippen LogP contribution < -0.4 is 10.2 Å². The van der Waals surface area contributed by atoms with Crippen LogP contribution in [0.3, 0.4) is 0 Å². The quantitative estimate of drug-likeness (QED) is 0.602. The average molecular weight is 426 g/mol. The predicted octanol–water partition coefficient (Wildman–Crippen LogP) is 3.74. The molecule has 1 fully saturated rings. The lowest BCUT2D eigenvalue weighted by Crippen LogP contribution is -2.43. The number of thioether (sulfide) groups is 1. The molecule has 1 aliphatic heterocycles. The Morgan fingerprint density at radius 1 is 1.30 bits per heavy atom. The lowest BCUT2D eigenvalue weighted by Gasteiger charge is -2.33. The van der Waals surface area contributed by atoms with Crippen molar-refractivity contribution in [3.63, 3.8) is 0 Å². The fourth-order valence-electron chi connectivity index (χ4n) is 3.93. The molecule has 158 valence electrons. The number of piperidine rings is 1. The number of nitrogens with one attached hydrogen (secondary N) is 1. The Kier molecular flexibility index (Phi) is 6.22. The standard InChI is InChI=1S/C22H27N5O2S/c1-4-18-19-20(24-14(2)25-22(19)29-26-18)27-11-5-6-16(13-27)21(28)23-12-15-7-9-17(30-3)10-8-15/h7-10,16H,4-6,11-13H2,1-3H3,(H,23,28). The van der Waals surface area contributed by atoms with Gasteiger partial charge in [-0.05, 0) is 50.1 Å². The normalized spacial score (nSPS) is 16.8. The molecule has 1 amide bonds. The number of carbonyl (C=O) groups is 1. The Balaban J connectivity index is 1.47. The largest absolute Gasteiger partial charge is 0.355 e. The minimum Gasteiger partial charge on any atom is -0.355 e. The van der Waals surface area contributed by atoms with Crippen molar-refractivity contribution >= 4 is 34.6 Å². The van der Waals surface area contributed by atoms with E-state index in [1.807, 2.05) is 13.8 Å². The van der Waals surface area contributed by atoms with Gasteiger partial charge in [0.1, 0.15) is 17.0 Å². The summed E-state index contributed by atoms with van der Waals surface area (Å²) in [5.74, 6) is 1.51. The van der Waals surface area contributed by atoms with Crippen LogP contribution >= 0.6 is 11.8 Å². The lowest BCUT2D eigenvalue weighted by atomic mass is 9.96. The van der Waals surface area contributed by atoms with E-state index in [0.717, 1.165) is 48.3 Å². The smallest absolute Gasteiger partial charge is 0.263 e. The van der Waals surface area contributed by atoms with E-state index in [4.69, 9.17) is 9.51 Å². The maximum Gasteiger partial charge on any atom is 0.263 e. The molecule has 0 radical (unpaired) electrons. The van der Waals surface area contributed by atoms with Crippen LogP contribution in [0.5, 0.6) is 0 Å². The van der Waals surface area contributed by atoms with Crippen molar-refractivity contribution < 1.29 is 9.32 Å². The van der Waals surface area contributed by atoms with Gasteiger partial charge in [-0.15, -0.1) is 11.8 Å². The third-order valence-electron chi connectivity index (χ3n) is 5.55. The second kappa shape index (κ2) is 9.04. The average Bonchev–Trinajstić information content (AvgIpc) is 3.20. The molecule has 3 heterocycles. The fourth-order valence-corrected chi connectivity index (χ4v) is 4.33. The Hall–Kier alpha value is -2.61. The summed E-state index contributed by atoms with van der Waals surface area (Å²) in [5, 5.41) is 8.14. The number of aromatic nitrogens is 3. The van der Waals surface area contributed by atoms with Gasteiger partial charge in [-0.25, -0.2) is 4.98 Å². The highest BCUT2D eigenvalue weighted by atomic mass is 32.2. The molecule has 0 bridgehead atoms. The van der Waals surface area contributed by atoms with Crippen LogP contribution in [0.4, 0.5) is 5.82 Å². The minimum absolute atomic E-state index is 0.0699. The molecule has 0 saturated carbocycles. The first-order chi connectivity index (χ1) is 14.6. The maximum absolute atomic E-state index is 12.9. The summed E-state index contributed by atoms with van der Waals surface area (Å²) in [7, 11) is 0. The molecule has 1 N–H and O–H groups in total. The molecule has 1 atom stereocenters. The monoisotopic (exact) mass is 425 g/mol. The van der Waals surface area contributed by atoms with Crippen molar-refractivity contribution in [2.45, 2.75) is 44.6 Å². The zero-order valence-electron chi connectivity index (χ0n) is 17.6. The van der Waals surface area contributed by atoms with Crippen molar-refractivity contribution in [3.8, 4) is 0 Å². The first kappa shape index (κ1) is 20.7. The van der Waals surface area contributed by atoms with Crippen molar-refractivity contribution in [3.05, 3.63) is 41.3 Å². The van der Waals surface area contributed by atoms with E-state index in [1.165, 1.54) is 4.90 Å².